The molecule has 0 saturated heterocycles. The number of para-hydroxylation sites is 1. The topological polar surface area (TPSA) is 85.2 Å². The largest absolute Gasteiger partial charge is 0.493 e. The molecule has 0 atom stereocenters. The van der Waals surface area contributed by atoms with Gasteiger partial charge in [0.15, 0.2) is 0 Å². The van der Waals surface area contributed by atoms with Crippen LogP contribution in [0.3, 0.4) is 0 Å². The summed E-state index contributed by atoms with van der Waals surface area (Å²) in [5, 5.41) is 5.38. The van der Waals surface area contributed by atoms with Gasteiger partial charge in [0.05, 0.1) is 25.0 Å². The van der Waals surface area contributed by atoms with E-state index in [0.29, 0.717) is 24.5 Å². The molecule has 1 heterocycles. The third-order valence-corrected chi connectivity index (χ3v) is 3.32. The Labute approximate surface area is 141 Å². The number of ether oxygens (including phenoxy) is 1. The molecule has 0 unspecified atom stereocenters. The molecule has 0 aliphatic rings. The molecule has 0 aliphatic heterocycles. The average Bonchev–Trinajstić information content (AvgIpc) is 3.11. The van der Waals surface area contributed by atoms with Crippen molar-refractivity contribution in [3.63, 3.8) is 0 Å². The van der Waals surface area contributed by atoms with Gasteiger partial charge in [0.2, 0.25) is 5.91 Å². The Balaban J connectivity index is 1.70. The normalized spacial score (nSPS) is 10.2. The fourth-order valence-corrected chi connectivity index (χ4v) is 2.16. The number of aryl methyl sites for hydroxylation is 1. The average molecular weight is 330 g/mol. The van der Waals surface area contributed by atoms with Gasteiger partial charge < -0.3 is 19.9 Å². The van der Waals surface area contributed by atoms with E-state index in [9.17, 15) is 9.59 Å². The summed E-state index contributed by atoms with van der Waals surface area (Å²) in [6, 6.07) is 6.96. The van der Waals surface area contributed by atoms with Crippen LogP contribution in [0.5, 0.6) is 5.75 Å². The molecule has 2 amide bonds. The van der Waals surface area contributed by atoms with Gasteiger partial charge in [-0.25, -0.2) is 4.98 Å². The summed E-state index contributed by atoms with van der Waals surface area (Å²) in [4.78, 5) is 27.9. The highest BCUT2D eigenvalue weighted by molar-refractivity contribution is 5.98. The summed E-state index contributed by atoms with van der Waals surface area (Å²) < 4.78 is 7.35. The minimum absolute atomic E-state index is 0.0651. The van der Waals surface area contributed by atoms with Gasteiger partial charge in [-0.15, -0.1) is 0 Å². The minimum Gasteiger partial charge on any atom is -0.493 e. The van der Waals surface area contributed by atoms with Gasteiger partial charge in [-0.1, -0.05) is 12.1 Å². The first-order chi connectivity index (χ1) is 11.7. The molecule has 0 aliphatic carbocycles. The van der Waals surface area contributed by atoms with Crippen molar-refractivity contribution in [3.8, 4) is 5.75 Å². The summed E-state index contributed by atoms with van der Waals surface area (Å²) in [6.45, 7) is 3.59. The molecule has 128 valence electrons. The Bertz CT molecular complexity index is 656. The van der Waals surface area contributed by atoms with Crippen LogP contribution in [-0.4, -0.2) is 41.1 Å². The lowest BCUT2D eigenvalue weighted by molar-refractivity contribution is -0.120. The maximum Gasteiger partial charge on any atom is 0.255 e. The van der Waals surface area contributed by atoms with Crippen molar-refractivity contribution >= 4 is 11.8 Å². The molecule has 0 bridgehead atoms. The Morgan fingerprint density at radius 2 is 2.08 bits per heavy atom. The molecule has 0 spiro atoms. The van der Waals surface area contributed by atoms with Crippen molar-refractivity contribution in [1.29, 1.82) is 0 Å². The van der Waals surface area contributed by atoms with E-state index in [4.69, 9.17) is 4.74 Å². The Morgan fingerprint density at radius 1 is 1.25 bits per heavy atom. The third kappa shape index (κ3) is 5.42. The van der Waals surface area contributed by atoms with Crippen molar-refractivity contribution in [2.75, 3.05) is 19.7 Å². The standard InChI is InChI=1S/C17H22N4O3/c1-2-24-15-7-4-3-6-14(15)17(23)20-12-16(22)19-8-5-10-21-11-9-18-13-21/h3-4,6-7,9,11,13H,2,5,8,10,12H2,1H3,(H,19,22)(H,20,23). The molecule has 7 nitrogen and oxygen atoms in total. The molecule has 1 aromatic carbocycles. The van der Waals surface area contributed by atoms with Crippen LogP contribution in [0.15, 0.2) is 43.0 Å². The number of nitrogens with one attached hydrogen (secondary N) is 2. The van der Waals surface area contributed by atoms with E-state index < -0.39 is 0 Å². The summed E-state index contributed by atoms with van der Waals surface area (Å²) >= 11 is 0. The lowest BCUT2D eigenvalue weighted by Gasteiger charge is -2.10. The zero-order chi connectivity index (χ0) is 17.2. The number of carbonyl (C=O) groups excluding carboxylic acids is 2. The van der Waals surface area contributed by atoms with Crippen LogP contribution in [-0.2, 0) is 11.3 Å². The minimum atomic E-state index is -0.326. The van der Waals surface area contributed by atoms with Crippen molar-refractivity contribution in [3.05, 3.63) is 48.5 Å². The lowest BCUT2D eigenvalue weighted by atomic mass is 10.2. The van der Waals surface area contributed by atoms with Gasteiger partial charge >= 0.3 is 0 Å². The molecule has 0 fully saturated rings. The first kappa shape index (κ1) is 17.5. The van der Waals surface area contributed by atoms with E-state index in [-0.39, 0.29) is 18.4 Å². The summed E-state index contributed by atoms with van der Waals surface area (Å²) in [5.41, 5.74) is 0.423. The Morgan fingerprint density at radius 3 is 2.83 bits per heavy atom. The number of nitrogens with zero attached hydrogens (tertiary/aromatic N) is 2. The maximum atomic E-state index is 12.1. The van der Waals surface area contributed by atoms with Gasteiger partial charge in [-0.3, -0.25) is 9.59 Å². The van der Waals surface area contributed by atoms with Crippen molar-refractivity contribution in [2.24, 2.45) is 0 Å². The molecule has 0 saturated carbocycles. The highest BCUT2D eigenvalue weighted by Gasteiger charge is 2.12. The third-order valence-electron chi connectivity index (χ3n) is 3.32. The first-order valence-electron chi connectivity index (χ1n) is 7.93. The van der Waals surface area contributed by atoms with Crippen LogP contribution in [0.25, 0.3) is 0 Å². The number of benzene rings is 1. The fourth-order valence-electron chi connectivity index (χ4n) is 2.16. The van der Waals surface area contributed by atoms with Crippen molar-refractivity contribution in [2.45, 2.75) is 19.9 Å². The zero-order valence-electron chi connectivity index (χ0n) is 13.7. The summed E-state index contributed by atoms with van der Waals surface area (Å²) in [7, 11) is 0. The number of rotatable bonds is 9. The van der Waals surface area contributed by atoms with Gasteiger partial charge in [0, 0.05) is 25.5 Å². The fraction of sp³-hybridized carbons (Fsp3) is 0.353. The maximum absolute atomic E-state index is 12.1. The number of carbonyl (C=O) groups is 2. The van der Waals surface area contributed by atoms with Crippen LogP contribution in [0, 0.1) is 0 Å². The number of hydrogen-bond donors (Lipinski definition) is 2. The highest BCUT2D eigenvalue weighted by atomic mass is 16.5. The summed E-state index contributed by atoms with van der Waals surface area (Å²) in [5.74, 6) is -0.0336. The van der Waals surface area contributed by atoms with E-state index in [2.05, 4.69) is 15.6 Å². The highest BCUT2D eigenvalue weighted by Crippen LogP contribution is 2.17. The van der Waals surface area contributed by atoms with Crippen LogP contribution in [0.4, 0.5) is 0 Å². The number of aromatic nitrogens is 2. The first-order valence-corrected chi connectivity index (χ1v) is 7.93. The van der Waals surface area contributed by atoms with E-state index in [0.717, 1.165) is 13.0 Å². The molecule has 2 N–H and O–H groups in total. The van der Waals surface area contributed by atoms with Crippen molar-refractivity contribution in [1.82, 2.24) is 20.2 Å². The predicted molar refractivity (Wildman–Crippen MR) is 89.8 cm³/mol. The molecular formula is C17H22N4O3. The second kappa shape index (κ2) is 9.34. The second-order valence-corrected chi connectivity index (χ2v) is 5.12. The summed E-state index contributed by atoms with van der Waals surface area (Å²) in [6.07, 6.45) is 6.12. The van der Waals surface area contributed by atoms with Crippen LogP contribution in [0.2, 0.25) is 0 Å². The van der Waals surface area contributed by atoms with E-state index in [1.54, 1.807) is 36.8 Å². The quantitative estimate of drug-likeness (QED) is 0.677. The van der Waals surface area contributed by atoms with E-state index >= 15 is 0 Å². The second-order valence-electron chi connectivity index (χ2n) is 5.12. The number of amides is 2. The van der Waals surface area contributed by atoms with Gasteiger partial charge in [-0.05, 0) is 25.5 Å². The monoisotopic (exact) mass is 330 g/mol. The lowest BCUT2D eigenvalue weighted by Crippen LogP contribution is -2.37. The van der Waals surface area contributed by atoms with Crippen LogP contribution in [0.1, 0.15) is 23.7 Å². The smallest absolute Gasteiger partial charge is 0.255 e. The van der Waals surface area contributed by atoms with Gasteiger partial charge in [0.1, 0.15) is 5.75 Å². The van der Waals surface area contributed by atoms with Crippen LogP contribution < -0.4 is 15.4 Å². The molecule has 1 aromatic heterocycles. The van der Waals surface area contributed by atoms with E-state index in [1.165, 1.54) is 0 Å². The van der Waals surface area contributed by atoms with E-state index in [1.807, 2.05) is 17.7 Å². The van der Waals surface area contributed by atoms with Gasteiger partial charge in [-0.2, -0.15) is 0 Å². The molecule has 0 radical (unpaired) electrons. The van der Waals surface area contributed by atoms with Crippen LogP contribution >= 0.6 is 0 Å². The SMILES string of the molecule is CCOc1ccccc1C(=O)NCC(=O)NCCCn1ccnc1. The molecular weight excluding hydrogens is 308 g/mol. The molecule has 7 heteroatoms. The van der Waals surface area contributed by atoms with Gasteiger partial charge in [0.25, 0.3) is 5.91 Å². The zero-order valence-corrected chi connectivity index (χ0v) is 13.7. The Hall–Kier alpha value is -2.83. The molecule has 2 rings (SSSR count). The predicted octanol–water partition coefficient (Wildman–Crippen LogP) is 1.22. The molecule has 24 heavy (non-hydrogen) atoms. The number of imidazole rings is 1. The Kier molecular flexibility index (Phi) is 6.82. The van der Waals surface area contributed by atoms with Crippen molar-refractivity contribution < 1.29 is 14.3 Å². The number of hydrogen-bond acceptors (Lipinski definition) is 4. The molecule has 2 aromatic rings.